The van der Waals surface area contributed by atoms with E-state index in [4.69, 9.17) is 27.2 Å². The summed E-state index contributed by atoms with van der Waals surface area (Å²) in [6, 6.07) is -0.901. The topological polar surface area (TPSA) is 202 Å². The first-order valence-corrected chi connectivity index (χ1v) is 8.76. The molecule has 0 aromatic carbocycles. The molecule has 0 aromatic heterocycles. The van der Waals surface area contributed by atoms with Gasteiger partial charge in [-0.1, -0.05) is 6.42 Å². The Labute approximate surface area is 176 Å². The van der Waals surface area contributed by atoms with Gasteiger partial charge in [0, 0.05) is 18.9 Å². The molecule has 164 valence electrons. The molecule has 2 amide bonds. The van der Waals surface area contributed by atoms with E-state index >= 15 is 0 Å². The molecule has 0 saturated heterocycles. The van der Waals surface area contributed by atoms with Crippen molar-refractivity contribution in [1.82, 2.24) is 5.32 Å². The van der Waals surface area contributed by atoms with Crippen LogP contribution in [-0.4, -0.2) is 58.2 Å². The molecule has 0 aromatic rings. The monoisotopic (exact) mass is 444 g/mol. The van der Waals surface area contributed by atoms with E-state index in [9.17, 15) is 19.5 Å². The van der Waals surface area contributed by atoms with Gasteiger partial charge in [-0.25, -0.2) is 0 Å². The molecule has 0 aliphatic heterocycles. The number of hydrogen-bond acceptors (Lipinski definition) is 7. The van der Waals surface area contributed by atoms with Gasteiger partial charge in [0.25, 0.3) is 0 Å². The van der Waals surface area contributed by atoms with Gasteiger partial charge in [0.1, 0.15) is 5.54 Å². The third-order valence-corrected chi connectivity index (χ3v) is 5.07. The average Bonchev–Trinajstić information content (AvgIpc) is 2.56. The molecule has 28 heavy (non-hydrogen) atoms. The van der Waals surface area contributed by atoms with E-state index in [2.05, 4.69) is 5.32 Å². The van der Waals surface area contributed by atoms with Gasteiger partial charge < -0.3 is 37.7 Å². The standard InChI is InChI=1S/C15H29BN4O6.2ClH/c17-11(3-4-12(18)21)13(22)20-8-10-2-1-9(5-6-16(25)26)7-15(10,19)14(23)24;;/h9-11,25-26H,1-8,17,19H2,(H2,18,21)(H,20,22)(H,23,24);2*1H/t9-,10-,11-,15+;;/m0../s1. The Morgan fingerprint density at radius 2 is 1.82 bits per heavy atom. The summed E-state index contributed by atoms with van der Waals surface area (Å²) in [4.78, 5) is 34.4. The predicted molar refractivity (Wildman–Crippen MR) is 109 cm³/mol. The molecule has 1 rings (SSSR count). The molecular weight excluding hydrogens is 414 g/mol. The second kappa shape index (κ2) is 13.2. The van der Waals surface area contributed by atoms with Gasteiger partial charge >= 0.3 is 13.1 Å². The maximum atomic E-state index is 12.0. The Hall–Kier alpha value is -1.11. The predicted octanol–water partition coefficient (Wildman–Crippen LogP) is -1.40. The van der Waals surface area contributed by atoms with Gasteiger partial charge in [0.2, 0.25) is 11.8 Å². The molecule has 10 nitrogen and oxygen atoms in total. The Morgan fingerprint density at radius 3 is 2.32 bits per heavy atom. The van der Waals surface area contributed by atoms with Crippen LogP contribution in [0.25, 0.3) is 0 Å². The smallest absolute Gasteiger partial charge is 0.451 e. The van der Waals surface area contributed by atoms with Gasteiger partial charge in [-0.15, -0.1) is 24.8 Å². The van der Waals surface area contributed by atoms with Crippen molar-refractivity contribution in [2.45, 2.75) is 56.4 Å². The fourth-order valence-corrected chi connectivity index (χ4v) is 3.40. The van der Waals surface area contributed by atoms with Crippen LogP contribution in [0.3, 0.4) is 0 Å². The van der Waals surface area contributed by atoms with Crippen molar-refractivity contribution in [3.05, 3.63) is 0 Å². The number of amides is 2. The molecule has 1 aliphatic carbocycles. The first kappa shape index (κ1) is 29.1. The summed E-state index contributed by atoms with van der Waals surface area (Å²) in [6.45, 7) is 0.0707. The van der Waals surface area contributed by atoms with E-state index in [1.165, 1.54) is 0 Å². The summed E-state index contributed by atoms with van der Waals surface area (Å²) in [6.07, 6.45) is 2.12. The van der Waals surface area contributed by atoms with Crippen LogP contribution >= 0.6 is 24.8 Å². The lowest BCUT2D eigenvalue weighted by molar-refractivity contribution is -0.148. The highest BCUT2D eigenvalue weighted by Crippen LogP contribution is 2.38. The van der Waals surface area contributed by atoms with Crippen molar-refractivity contribution >= 4 is 49.7 Å². The molecule has 0 unspecified atom stereocenters. The third-order valence-electron chi connectivity index (χ3n) is 5.07. The molecule has 13 heteroatoms. The zero-order valence-corrected chi connectivity index (χ0v) is 17.2. The lowest BCUT2D eigenvalue weighted by Gasteiger charge is -2.41. The summed E-state index contributed by atoms with van der Waals surface area (Å²) < 4.78 is 0. The van der Waals surface area contributed by atoms with Crippen LogP contribution in [0.5, 0.6) is 0 Å². The minimum Gasteiger partial charge on any atom is -0.480 e. The number of carboxylic acids is 1. The number of nitrogens with two attached hydrogens (primary N) is 3. The van der Waals surface area contributed by atoms with Gasteiger partial charge in [-0.3, -0.25) is 14.4 Å². The van der Waals surface area contributed by atoms with E-state index in [1.807, 2.05) is 0 Å². The van der Waals surface area contributed by atoms with Crippen molar-refractivity contribution in [3.8, 4) is 0 Å². The van der Waals surface area contributed by atoms with Crippen LogP contribution in [0, 0.1) is 11.8 Å². The number of carbonyl (C=O) groups excluding carboxylic acids is 2. The van der Waals surface area contributed by atoms with Crippen molar-refractivity contribution in [2.24, 2.45) is 29.0 Å². The number of nitrogens with one attached hydrogen (secondary N) is 1. The Kier molecular flexibility index (Phi) is 13.7. The van der Waals surface area contributed by atoms with Gasteiger partial charge in [0.15, 0.2) is 0 Å². The summed E-state index contributed by atoms with van der Waals surface area (Å²) >= 11 is 0. The van der Waals surface area contributed by atoms with Crippen LogP contribution in [0.4, 0.5) is 0 Å². The summed E-state index contributed by atoms with van der Waals surface area (Å²) in [5, 5.41) is 30.1. The number of aliphatic carboxylic acids is 1. The van der Waals surface area contributed by atoms with E-state index < -0.39 is 42.4 Å². The first-order valence-electron chi connectivity index (χ1n) is 8.76. The highest BCUT2D eigenvalue weighted by atomic mass is 35.5. The summed E-state index contributed by atoms with van der Waals surface area (Å²) in [5.74, 6) is -2.68. The number of hydrogen-bond donors (Lipinski definition) is 7. The normalized spacial score (nSPS) is 24.9. The van der Waals surface area contributed by atoms with Gasteiger partial charge in [0.05, 0.1) is 6.04 Å². The number of rotatable bonds is 10. The third kappa shape index (κ3) is 8.93. The molecule has 1 fully saturated rings. The highest BCUT2D eigenvalue weighted by Gasteiger charge is 2.47. The number of carbonyl (C=O) groups is 3. The number of primary amides is 1. The number of halogens is 2. The van der Waals surface area contributed by atoms with Crippen LogP contribution in [0.15, 0.2) is 0 Å². The molecule has 0 spiro atoms. The highest BCUT2D eigenvalue weighted by molar-refractivity contribution is 6.40. The van der Waals surface area contributed by atoms with Gasteiger partial charge in [-0.2, -0.15) is 0 Å². The lowest BCUT2D eigenvalue weighted by atomic mass is 9.66. The Balaban J connectivity index is 0. The molecule has 0 bridgehead atoms. The quantitative estimate of drug-likeness (QED) is 0.199. The SMILES string of the molecule is Cl.Cl.NC(=O)CC[C@H](N)C(=O)NC[C@@H]1CC[C@@H](CCB(O)O)C[C@]1(N)C(=O)O. The maximum absolute atomic E-state index is 12.0. The second-order valence-corrected chi connectivity index (χ2v) is 7.10. The number of carboxylic acid groups (broad SMARTS) is 1. The van der Waals surface area contributed by atoms with E-state index in [0.29, 0.717) is 19.3 Å². The first-order chi connectivity index (χ1) is 12.1. The summed E-state index contributed by atoms with van der Waals surface area (Å²) in [5.41, 5.74) is 15.3. The fraction of sp³-hybridized carbons (Fsp3) is 0.800. The van der Waals surface area contributed by atoms with Crippen molar-refractivity contribution in [3.63, 3.8) is 0 Å². The lowest BCUT2D eigenvalue weighted by Crippen LogP contribution is -2.60. The molecule has 0 heterocycles. The zero-order valence-electron chi connectivity index (χ0n) is 15.6. The van der Waals surface area contributed by atoms with Crippen molar-refractivity contribution < 1.29 is 29.5 Å². The van der Waals surface area contributed by atoms with Gasteiger partial charge in [-0.05, 0) is 37.9 Å². The van der Waals surface area contributed by atoms with Crippen molar-refractivity contribution in [1.29, 1.82) is 0 Å². The maximum Gasteiger partial charge on any atom is 0.451 e. The molecule has 0 radical (unpaired) electrons. The summed E-state index contributed by atoms with van der Waals surface area (Å²) in [7, 11) is -1.43. The van der Waals surface area contributed by atoms with E-state index in [-0.39, 0.29) is 62.9 Å². The molecule has 1 aliphatic rings. The van der Waals surface area contributed by atoms with Crippen LogP contribution in [0.1, 0.15) is 38.5 Å². The Morgan fingerprint density at radius 1 is 1.21 bits per heavy atom. The molecule has 1 saturated carbocycles. The van der Waals surface area contributed by atoms with Crippen LogP contribution < -0.4 is 22.5 Å². The van der Waals surface area contributed by atoms with E-state index in [0.717, 1.165) is 0 Å². The Bertz CT molecular complexity index is 531. The van der Waals surface area contributed by atoms with Crippen LogP contribution in [0.2, 0.25) is 6.32 Å². The molecule has 4 atom stereocenters. The largest absolute Gasteiger partial charge is 0.480 e. The minimum atomic E-state index is -1.51. The van der Waals surface area contributed by atoms with Crippen molar-refractivity contribution in [2.75, 3.05) is 6.54 Å². The molecular formula is C15H31BCl2N4O6. The van der Waals surface area contributed by atoms with E-state index in [1.54, 1.807) is 0 Å². The minimum absolute atomic E-state index is 0. The molecule has 10 N–H and O–H groups in total. The second-order valence-electron chi connectivity index (χ2n) is 7.10. The van der Waals surface area contributed by atoms with Crippen LogP contribution in [-0.2, 0) is 14.4 Å². The average molecular weight is 445 g/mol. The zero-order chi connectivity index (χ0) is 19.9. The fourth-order valence-electron chi connectivity index (χ4n) is 3.40.